The van der Waals surface area contributed by atoms with Gasteiger partial charge in [-0.15, -0.1) is 0 Å². The molecule has 3 rings (SSSR count). The third-order valence-corrected chi connectivity index (χ3v) is 5.45. The van der Waals surface area contributed by atoms with Gasteiger partial charge >= 0.3 is 0 Å². The molecule has 2 fully saturated rings. The van der Waals surface area contributed by atoms with Crippen molar-refractivity contribution in [2.75, 3.05) is 54.0 Å². The molecule has 2 saturated heterocycles. The molecule has 7 heteroatoms. The molecule has 1 spiro atoms. The third-order valence-electron chi connectivity index (χ3n) is 5.45. The highest BCUT2D eigenvalue weighted by molar-refractivity contribution is 5.78. The lowest BCUT2D eigenvalue weighted by Crippen LogP contribution is -2.51. The van der Waals surface area contributed by atoms with Crippen LogP contribution in [0.3, 0.4) is 0 Å². The Bertz CT molecular complexity index is 616. The zero-order valence-electron chi connectivity index (χ0n) is 15.3. The van der Waals surface area contributed by atoms with E-state index in [0.29, 0.717) is 32.7 Å². The van der Waals surface area contributed by atoms with Gasteiger partial charge in [0.05, 0.1) is 6.61 Å². The number of nitrogens with zero attached hydrogens (tertiary/aromatic N) is 3. The van der Waals surface area contributed by atoms with Gasteiger partial charge in [0.1, 0.15) is 6.61 Å². The second-order valence-corrected chi connectivity index (χ2v) is 7.55. The van der Waals surface area contributed by atoms with Crippen molar-refractivity contribution in [2.45, 2.75) is 18.9 Å². The summed E-state index contributed by atoms with van der Waals surface area (Å²) >= 11 is 0. The van der Waals surface area contributed by atoms with E-state index in [-0.39, 0.29) is 29.9 Å². The number of H-pyrrole nitrogens is 1. The van der Waals surface area contributed by atoms with Gasteiger partial charge in [0.15, 0.2) is 0 Å². The smallest absolute Gasteiger partial charge is 0.248 e. The van der Waals surface area contributed by atoms with E-state index in [1.807, 2.05) is 44.4 Å². The van der Waals surface area contributed by atoms with Crippen LogP contribution in [0, 0.1) is 5.41 Å². The summed E-state index contributed by atoms with van der Waals surface area (Å²) in [6, 6.07) is 4.12. The molecule has 2 aliphatic heterocycles. The van der Waals surface area contributed by atoms with Gasteiger partial charge in [0.25, 0.3) is 0 Å². The minimum absolute atomic E-state index is 0.00547. The van der Waals surface area contributed by atoms with Gasteiger partial charge in [-0.25, -0.2) is 0 Å². The van der Waals surface area contributed by atoms with Gasteiger partial charge in [-0.05, 0) is 32.6 Å². The van der Waals surface area contributed by atoms with Crippen molar-refractivity contribution in [3.8, 4) is 0 Å². The summed E-state index contributed by atoms with van der Waals surface area (Å²) in [5, 5.41) is 0. The molecule has 2 aliphatic rings. The van der Waals surface area contributed by atoms with Crippen molar-refractivity contribution in [3.63, 3.8) is 0 Å². The molecule has 0 aromatic carbocycles. The van der Waals surface area contributed by atoms with Gasteiger partial charge in [-0.2, -0.15) is 0 Å². The molecule has 3 heterocycles. The van der Waals surface area contributed by atoms with Crippen LogP contribution in [-0.4, -0.2) is 91.5 Å². The summed E-state index contributed by atoms with van der Waals surface area (Å²) in [5.41, 5.74) is 0.849. The first-order chi connectivity index (χ1) is 11.9. The zero-order chi connectivity index (χ0) is 18.0. The van der Waals surface area contributed by atoms with Gasteiger partial charge in [-0.1, -0.05) is 0 Å². The van der Waals surface area contributed by atoms with E-state index in [4.69, 9.17) is 4.74 Å². The minimum atomic E-state index is -0.230. The lowest BCUT2D eigenvalue weighted by molar-refractivity contribution is -0.132. The van der Waals surface area contributed by atoms with Crippen LogP contribution in [0.25, 0.3) is 0 Å². The number of aromatic amines is 1. The van der Waals surface area contributed by atoms with Crippen LogP contribution in [0.4, 0.5) is 0 Å². The van der Waals surface area contributed by atoms with Crippen LogP contribution >= 0.6 is 0 Å². The van der Waals surface area contributed by atoms with E-state index < -0.39 is 0 Å². The van der Waals surface area contributed by atoms with E-state index >= 15 is 0 Å². The summed E-state index contributed by atoms with van der Waals surface area (Å²) in [4.78, 5) is 33.7. The second kappa shape index (κ2) is 7.17. The Morgan fingerprint density at radius 3 is 2.92 bits per heavy atom. The zero-order valence-corrected chi connectivity index (χ0v) is 15.3. The number of carbonyl (C=O) groups excluding carboxylic acids is 2. The van der Waals surface area contributed by atoms with Crippen LogP contribution in [-0.2, 0) is 20.7 Å². The molecule has 1 aromatic rings. The predicted octanol–water partition coefficient (Wildman–Crippen LogP) is 0.195. The molecular formula is C18H28N4O3. The molecule has 0 saturated carbocycles. The maximum atomic E-state index is 12.7. The molecule has 2 atom stereocenters. The number of amides is 2. The molecule has 25 heavy (non-hydrogen) atoms. The van der Waals surface area contributed by atoms with Crippen molar-refractivity contribution in [1.82, 2.24) is 19.7 Å². The van der Waals surface area contributed by atoms with Crippen molar-refractivity contribution in [2.24, 2.45) is 5.41 Å². The van der Waals surface area contributed by atoms with Crippen molar-refractivity contribution >= 4 is 11.8 Å². The van der Waals surface area contributed by atoms with Gasteiger partial charge in [-0.3, -0.25) is 9.59 Å². The summed E-state index contributed by atoms with van der Waals surface area (Å²) in [5.74, 6) is 0.169. The summed E-state index contributed by atoms with van der Waals surface area (Å²) in [6.45, 7) is 2.57. The number of aromatic nitrogens is 1. The van der Waals surface area contributed by atoms with Crippen molar-refractivity contribution in [3.05, 3.63) is 24.0 Å². The van der Waals surface area contributed by atoms with Crippen LogP contribution in [0.1, 0.15) is 12.1 Å². The van der Waals surface area contributed by atoms with E-state index in [1.54, 1.807) is 4.90 Å². The largest absolute Gasteiger partial charge is 0.371 e. The SMILES string of the molecule is CN1C[C@]2(COCC1=O)CN(C(=O)CCc1ccc[nH]1)C[C@H]2N(C)C. The van der Waals surface area contributed by atoms with Gasteiger partial charge in [0.2, 0.25) is 11.8 Å². The molecular weight excluding hydrogens is 320 g/mol. The van der Waals surface area contributed by atoms with Crippen LogP contribution in [0.15, 0.2) is 18.3 Å². The summed E-state index contributed by atoms with van der Waals surface area (Å²) in [7, 11) is 5.89. The number of likely N-dealkylation sites (tertiary alicyclic amines) is 1. The molecule has 1 N–H and O–H groups in total. The van der Waals surface area contributed by atoms with Crippen LogP contribution in [0.2, 0.25) is 0 Å². The van der Waals surface area contributed by atoms with E-state index in [2.05, 4.69) is 9.88 Å². The average molecular weight is 348 g/mol. The average Bonchev–Trinajstić information content (AvgIpc) is 3.17. The van der Waals surface area contributed by atoms with Gasteiger partial charge in [0, 0.05) is 56.5 Å². The molecule has 0 aliphatic carbocycles. The lowest BCUT2D eigenvalue weighted by Gasteiger charge is -2.37. The number of likely N-dealkylation sites (N-methyl/N-ethyl adjacent to an activating group) is 2. The number of carbonyl (C=O) groups is 2. The first-order valence-electron chi connectivity index (χ1n) is 8.79. The number of nitrogens with one attached hydrogen (secondary N) is 1. The van der Waals surface area contributed by atoms with Crippen molar-refractivity contribution in [1.29, 1.82) is 0 Å². The Balaban J connectivity index is 1.71. The highest BCUT2D eigenvalue weighted by atomic mass is 16.5. The Kier molecular flexibility index (Phi) is 5.15. The number of ether oxygens (including phenoxy) is 1. The van der Waals surface area contributed by atoms with Gasteiger partial charge < -0.3 is 24.4 Å². The number of hydrogen-bond acceptors (Lipinski definition) is 4. The van der Waals surface area contributed by atoms with E-state index in [0.717, 1.165) is 12.1 Å². The molecule has 138 valence electrons. The van der Waals surface area contributed by atoms with E-state index in [9.17, 15) is 9.59 Å². The third kappa shape index (κ3) is 3.72. The fourth-order valence-electron chi connectivity index (χ4n) is 4.13. The molecule has 0 bridgehead atoms. The molecule has 2 amide bonds. The fourth-order valence-corrected chi connectivity index (χ4v) is 4.13. The minimum Gasteiger partial charge on any atom is -0.371 e. The first-order valence-corrected chi connectivity index (χ1v) is 8.79. The topological polar surface area (TPSA) is 68.9 Å². The Morgan fingerprint density at radius 1 is 1.44 bits per heavy atom. The molecule has 7 nitrogen and oxygen atoms in total. The second-order valence-electron chi connectivity index (χ2n) is 7.55. The monoisotopic (exact) mass is 348 g/mol. The Hall–Kier alpha value is -1.86. The predicted molar refractivity (Wildman–Crippen MR) is 94.1 cm³/mol. The van der Waals surface area contributed by atoms with E-state index in [1.165, 1.54) is 0 Å². The Labute approximate surface area is 148 Å². The molecule has 1 aromatic heterocycles. The number of rotatable bonds is 4. The Morgan fingerprint density at radius 2 is 2.24 bits per heavy atom. The standard InChI is InChI=1S/C18H28N4O3/c1-20(2)15-9-22(16(23)7-6-14-5-4-8-19-14)12-18(15)11-21(3)17(24)10-25-13-18/h4-5,8,15,19H,6-7,9-13H2,1-3H3/t15-,18-/m1/s1. The molecule has 0 unspecified atom stereocenters. The number of hydrogen-bond donors (Lipinski definition) is 1. The first kappa shape index (κ1) is 17.9. The maximum absolute atomic E-state index is 12.7. The highest BCUT2D eigenvalue weighted by Gasteiger charge is 2.51. The van der Waals surface area contributed by atoms with Crippen LogP contribution in [0.5, 0.6) is 0 Å². The summed E-state index contributed by atoms with van der Waals surface area (Å²) < 4.78 is 5.68. The number of aryl methyl sites for hydroxylation is 1. The normalized spacial score (nSPS) is 27.4. The quantitative estimate of drug-likeness (QED) is 0.844. The fraction of sp³-hybridized carbons (Fsp3) is 0.667. The van der Waals surface area contributed by atoms with Crippen molar-refractivity contribution < 1.29 is 14.3 Å². The van der Waals surface area contributed by atoms with Crippen LogP contribution < -0.4 is 0 Å². The molecule has 0 radical (unpaired) electrons. The lowest BCUT2D eigenvalue weighted by atomic mass is 9.82. The summed E-state index contributed by atoms with van der Waals surface area (Å²) in [6.07, 6.45) is 3.09. The highest BCUT2D eigenvalue weighted by Crippen LogP contribution is 2.36. The maximum Gasteiger partial charge on any atom is 0.248 e.